The van der Waals surface area contributed by atoms with Crippen LogP contribution < -0.4 is 5.32 Å². The molecule has 2 atom stereocenters. The van der Waals surface area contributed by atoms with E-state index in [2.05, 4.69) is 23.2 Å². The molecule has 2 heterocycles. The van der Waals surface area contributed by atoms with Gasteiger partial charge in [-0.1, -0.05) is 19.1 Å². The summed E-state index contributed by atoms with van der Waals surface area (Å²) in [6.45, 7) is 7.38. The third-order valence-electron chi connectivity index (χ3n) is 4.71. The molecule has 1 unspecified atom stereocenters. The van der Waals surface area contributed by atoms with Gasteiger partial charge < -0.3 is 10.2 Å². The van der Waals surface area contributed by atoms with Crippen LogP contribution in [0.1, 0.15) is 24.0 Å². The molecule has 1 aromatic rings. The first-order valence-corrected chi connectivity index (χ1v) is 7.92. The smallest absolute Gasteiger partial charge is 0.241 e. The van der Waals surface area contributed by atoms with Crippen molar-refractivity contribution in [3.63, 3.8) is 0 Å². The summed E-state index contributed by atoms with van der Waals surface area (Å²) < 4.78 is 0. The number of carbonyl (C=O) groups is 1. The number of rotatable bonds is 3. The van der Waals surface area contributed by atoms with Gasteiger partial charge in [-0.3, -0.25) is 9.69 Å². The van der Waals surface area contributed by atoms with Crippen LogP contribution in [-0.4, -0.2) is 61.0 Å². The second-order valence-electron chi connectivity index (χ2n) is 6.18. The van der Waals surface area contributed by atoms with E-state index in [4.69, 9.17) is 5.26 Å². The first-order chi connectivity index (χ1) is 10.7. The van der Waals surface area contributed by atoms with E-state index >= 15 is 0 Å². The molecule has 2 aliphatic rings. The van der Waals surface area contributed by atoms with Crippen LogP contribution in [0.5, 0.6) is 0 Å². The quantitative estimate of drug-likeness (QED) is 0.896. The molecule has 2 saturated heterocycles. The van der Waals surface area contributed by atoms with Gasteiger partial charge in [0, 0.05) is 39.3 Å². The molecule has 0 bridgehead atoms. The Morgan fingerprint density at radius 1 is 1.32 bits per heavy atom. The van der Waals surface area contributed by atoms with Crippen LogP contribution in [0, 0.1) is 11.3 Å². The Kier molecular flexibility index (Phi) is 4.41. The van der Waals surface area contributed by atoms with Gasteiger partial charge in [-0.15, -0.1) is 0 Å². The number of carbonyl (C=O) groups excluding carboxylic acids is 1. The Morgan fingerprint density at radius 2 is 2.09 bits per heavy atom. The number of nitrogens with zero attached hydrogens (tertiary/aromatic N) is 3. The van der Waals surface area contributed by atoms with Crippen molar-refractivity contribution in [1.82, 2.24) is 15.1 Å². The van der Waals surface area contributed by atoms with E-state index in [1.54, 1.807) is 0 Å². The summed E-state index contributed by atoms with van der Waals surface area (Å²) in [4.78, 5) is 16.9. The van der Waals surface area contributed by atoms with Gasteiger partial charge in [0.05, 0.1) is 11.6 Å². The number of amides is 1. The van der Waals surface area contributed by atoms with Crippen molar-refractivity contribution < 1.29 is 4.79 Å². The minimum atomic E-state index is 0.00987. The second kappa shape index (κ2) is 6.47. The van der Waals surface area contributed by atoms with E-state index in [1.807, 2.05) is 29.2 Å². The second-order valence-corrected chi connectivity index (χ2v) is 6.18. The van der Waals surface area contributed by atoms with Gasteiger partial charge in [0.25, 0.3) is 0 Å². The van der Waals surface area contributed by atoms with E-state index in [9.17, 15) is 4.79 Å². The van der Waals surface area contributed by atoms with Gasteiger partial charge in [0.15, 0.2) is 0 Å². The lowest BCUT2D eigenvalue weighted by Gasteiger charge is -2.43. The van der Waals surface area contributed by atoms with Crippen LogP contribution in [0.25, 0.3) is 0 Å². The summed E-state index contributed by atoms with van der Waals surface area (Å²) in [6, 6.07) is 9.82. The van der Waals surface area contributed by atoms with Crippen LogP contribution in [0.4, 0.5) is 0 Å². The first kappa shape index (κ1) is 15.0. The standard InChI is InChI=1S/C17H22N4O/c1-13(15-4-2-14(10-18)3-5-15)12-21-9-8-20-7-6-19-11-16(20)17(21)22/h2-5,13,16,19H,6-9,11-12H2,1H3/t13?,16-/m1/s1. The van der Waals surface area contributed by atoms with Crippen molar-refractivity contribution in [1.29, 1.82) is 5.26 Å². The molecule has 5 heteroatoms. The van der Waals surface area contributed by atoms with Gasteiger partial charge in [0.1, 0.15) is 6.04 Å². The summed E-state index contributed by atoms with van der Waals surface area (Å²) >= 11 is 0. The molecular formula is C17H22N4O. The predicted octanol–water partition coefficient (Wildman–Crippen LogP) is 0.778. The molecule has 116 valence electrons. The Labute approximate surface area is 131 Å². The van der Waals surface area contributed by atoms with Gasteiger partial charge in [0.2, 0.25) is 5.91 Å². The van der Waals surface area contributed by atoms with Crippen molar-refractivity contribution in [2.75, 3.05) is 39.3 Å². The van der Waals surface area contributed by atoms with Crippen LogP contribution in [0.2, 0.25) is 0 Å². The van der Waals surface area contributed by atoms with Crippen molar-refractivity contribution in [2.45, 2.75) is 18.9 Å². The summed E-state index contributed by atoms with van der Waals surface area (Å²) in [6.07, 6.45) is 0. The molecule has 0 aromatic heterocycles. The highest BCUT2D eigenvalue weighted by atomic mass is 16.2. The zero-order valence-electron chi connectivity index (χ0n) is 13.0. The molecule has 1 amide bonds. The summed E-state index contributed by atoms with van der Waals surface area (Å²) in [5, 5.41) is 12.2. The van der Waals surface area contributed by atoms with Crippen molar-refractivity contribution in [3.8, 4) is 6.07 Å². The van der Waals surface area contributed by atoms with Gasteiger partial charge in [-0.25, -0.2) is 0 Å². The average molecular weight is 298 g/mol. The molecular weight excluding hydrogens is 276 g/mol. The molecule has 0 radical (unpaired) electrons. The molecule has 1 N–H and O–H groups in total. The fraction of sp³-hybridized carbons (Fsp3) is 0.529. The van der Waals surface area contributed by atoms with Crippen LogP contribution in [-0.2, 0) is 4.79 Å². The lowest BCUT2D eigenvalue weighted by atomic mass is 9.98. The maximum absolute atomic E-state index is 12.6. The number of hydrogen-bond acceptors (Lipinski definition) is 4. The third-order valence-corrected chi connectivity index (χ3v) is 4.71. The lowest BCUT2D eigenvalue weighted by molar-refractivity contribution is -0.142. The highest BCUT2D eigenvalue weighted by molar-refractivity contribution is 5.83. The lowest BCUT2D eigenvalue weighted by Crippen LogP contribution is -2.64. The number of piperazine rings is 2. The molecule has 2 fully saturated rings. The Morgan fingerprint density at radius 3 is 2.82 bits per heavy atom. The number of benzene rings is 1. The largest absolute Gasteiger partial charge is 0.339 e. The van der Waals surface area contributed by atoms with Crippen LogP contribution in [0.3, 0.4) is 0 Å². The predicted molar refractivity (Wildman–Crippen MR) is 84.4 cm³/mol. The molecule has 1 aromatic carbocycles. The van der Waals surface area contributed by atoms with Gasteiger partial charge >= 0.3 is 0 Å². The summed E-state index contributed by atoms with van der Waals surface area (Å²) in [7, 11) is 0. The molecule has 3 rings (SSSR count). The SMILES string of the molecule is CC(CN1CCN2CCNC[C@@H]2C1=O)c1ccc(C#N)cc1. The highest BCUT2D eigenvalue weighted by Crippen LogP contribution is 2.20. The number of nitriles is 1. The molecule has 0 spiro atoms. The number of nitrogens with one attached hydrogen (secondary N) is 1. The topological polar surface area (TPSA) is 59.4 Å². The summed E-state index contributed by atoms with van der Waals surface area (Å²) in [5.74, 6) is 0.527. The maximum atomic E-state index is 12.6. The Bertz CT molecular complexity index is 577. The zero-order valence-corrected chi connectivity index (χ0v) is 13.0. The Hall–Kier alpha value is -1.90. The molecule has 22 heavy (non-hydrogen) atoms. The summed E-state index contributed by atoms with van der Waals surface area (Å²) in [5.41, 5.74) is 1.85. The average Bonchev–Trinajstić information content (AvgIpc) is 2.57. The van der Waals surface area contributed by atoms with E-state index in [0.717, 1.165) is 39.3 Å². The first-order valence-electron chi connectivity index (χ1n) is 7.92. The molecule has 5 nitrogen and oxygen atoms in total. The third kappa shape index (κ3) is 2.99. The minimum absolute atomic E-state index is 0.00987. The van der Waals surface area contributed by atoms with Crippen molar-refractivity contribution in [2.24, 2.45) is 0 Å². The van der Waals surface area contributed by atoms with E-state index < -0.39 is 0 Å². The number of hydrogen-bond donors (Lipinski definition) is 1. The minimum Gasteiger partial charge on any atom is -0.339 e. The fourth-order valence-electron chi connectivity index (χ4n) is 3.33. The maximum Gasteiger partial charge on any atom is 0.241 e. The van der Waals surface area contributed by atoms with Crippen LogP contribution >= 0.6 is 0 Å². The highest BCUT2D eigenvalue weighted by Gasteiger charge is 2.36. The van der Waals surface area contributed by atoms with E-state index in [0.29, 0.717) is 5.56 Å². The normalized spacial score (nSPS) is 23.7. The fourth-order valence-corrected chi connectivity index (χ4v) is 3.33. The van der Waals surface area contributed by atoms with E-state index in [1.165, 1.54) is 5.56 Å². The number of fused-ring (bicyclic) bond motifs is 1. The molecule has 0 saturated carbocycles. The zero-order chi connectivity index (χ0) is 15.5. The molecule has 2 aliphatic heterocycles. The van der Waals surface area contributed by atoms with Gasteiger partial charge in [-0.05, 0) is 23.6 Å². The monoisotopic (exact) mass is 298 g/mol. The van der Waals surface area contributed by atoms with Gasteiger partial charge in [-0.2, -0.15) is 5.26 Å². The van der Waals surface area contributed by atoms with Crippen LogP contribution in [0.15, 0.2) is 24.3 Å². The van der Waals surface area contributed by atoms with E-state index in [-0.39, 0.29) is 17.9 Å². The Balaban J connectivity index is 1.64. The van der Waals surface area contributed by atoms with Crippen molar-refractivity contribution >= 4 is 5.91 Å². The van der Waals surface area contributed by atoms with Crippen molar-refractivity contribution in [3.05, 3.63) is 35.4 Å². The molecule has 0 aliphatic carbocycles.